The van der Waals surface area contributed by atoms with Gasteiger partial charge < -0.3 is 9.64 Å². The number of hydrogen-bond acceptors (Lipinski definition) is 2. The largest absolute Gasteiger partial charge is 0.502 e. The van der Waals surface area contributed by atoms with Gasteiger partial charge in [-0.3, -0.25) is 0 Å². The zero-order valence-electron chi connectivity index (χ0n) is 31.9. The van der Waals surface area contributed by atoms with Crippen LogP contribution in [0.4, 0.5) is 11.4 Å². The van der Waals surface area contributed by atoms with E-state index < -0.39 is 0 Å². The Hall–Kier alpha value is -5.60. The summed E-state index contributed by atoms with van der Waals surface area (Å²) in [4.78, 5) is 2.24. The zero-order chi connectivity index (χ0) is 37.0. The lowest BCUT2D eigenvalue weighted by molar-refractivity contribution is 0.246. The lowest BCUT2D eigenvalue weighted by Gasteiger charge is -2.33. The Balaban J connectivity index is 1.11. The van der Waals surface area contributed by atoms with Gasteiger partial charge in [0.2, 0.25) is 0 Å². The predicted octanol–water partition coefficient (Wildman–Crippen LogP) is 13.8. The first-order valence-corrected chi connectivity index (χ1v) is 19.0. The molecule has 0 saturated carbocycles. The SMILES string of the molecule is C=COCCCc1ccc(N(C)c2ccc(-c3ccc4cc(C(C)(CC(C)C)c5ccc6cc(-c7ccc(C)cc7)ccc6c5)ccc4c3)cc2)cc1. The Labute approximate surface area is 316 Å². The summed E-state index contributed by atoms with van der Waals surface area (Å²) in [5.74, 6) is 0.548. The first kappa shape index (κ1) is 35.8. The average Bonchev–Trinajstić information content (AvgIpc) is 3.18. The molecule has 0 bridgehead atoms. The van der Waals surface area contributed by atoms with Gasteiger partial charge in [-0.25, -0.2) is 0 Å². The predicted molar refractivity (Wildman–Crippen MR) is 228 cm³/mol. The number of ether oxygens (including phenoxy) is 1. The van der Waals surface area contributed by atoms with Crippen molar-refractivity contribution in [3.8, 4) is 22.3 Å². The van der Waals surface area contributed by atoms with Gasteiger partial charge in [0.25, 0.3) is 0 Å². The van der Waals surface area contributed by atoms with E-state index >= 15 is 0 Å². The number of rotatable bonds is 13. The maximum atomic E-state index is 5.26. The topological polar surface area (TPSA) is 12.5 Å². The summed E-state index contributed by atoms with van der Waals surface area (Å²) in [6.45, 7) is 13.6. The van der Waals surface area contributed by atoms with Crippen LogP contribution >= 0.6 is 0 Å². The number of benzene rings is 7. The second-order valence-corrected chi connectivity index (χ2v) is 15.3. The molecule has 7 rings (SSSR count). The minimum atomic E-state index is -0.118. The van der Waals surface area contributed by atoms with Crippen molar-refractivity contribution < 1.29 is 4.74 Å². The molecule has 0 amide bonds. The van der Waals surface area contributed by atoms with E-state index in [1.54, 1.807) is 0 Å². The Bertz CT molecular complexity index is 2330. The van der Waals surface area contributed by atoms with Gasteiger partial charge >= 0.3 is 0 Å². The van der Waals surface area contributed by atoms with Crippen LogP contribution in [-0.4, -0.2) is 13.7 Å². The highest BCUT2D eigenvalue weighted by Crippen LogP contribution is 2.41. The van der Waals surface area contributed by atoms with Gasteiger partial charge in [0.1, 0.15) is 0 Å². The van der Waals surface area contributed by atoms with E-state index in [0.717, 1.165) is 24.9 Å². The molecule has 53 heavy (non-hydrogen) atoms. The summed E-state index contributed by atoms with van der Waals surface area (Å²) in [6, 6.07) is 54.5. The molecular weight excluding hydrogens is 643 g/mol. The van der Waals surface area contributed by atoms with Crippen molar-refractivity contribution in [1.82, 2.24) is 0 Å². The summed E-state index contributed by atoms with van der Waals surface area (Å²) < 4.78 is 5.26. The van der Waals surface area contributed by atoms with E-state index in [9.17, 15) is 0 Å². The van der Waals surface area contributed by atoms with Crippen LogP contribution in [0.2, 0.25) is 0 Å². The highest BCUT2D eigenvalue weighted by atomic mass is 16.5. The molecule has 7 aromatic rings. The van der Waals surface area contributed by atoms with E-state index in [2.05, 4.69) is 192 Å². The van der Waals surface area contributed by atoms with Crippen LogP contribution in [-0.2, 0) is 16.6 Å². The summed E-state index contributed by atoms with van der Waals surface area (Å²) in [5.41, 5.74) is 12.5. The standard InChI is InChI=1S/C51H51NO/c1-7-53-30-8-9-38-12-26-49(27-13-38)52(6)50-28-22-40(23-29-50)42-17-19-46-34-48(25-21-44(46)32-42)51(5,35-36(2)3)47-24-20-43-31-41(16-18-45(43)33-47)39-14-10-37(4)11-15-39/h7,10-29,31-34,36H,1,8-9,30,35H2,2-6H3. The van der Waals surface area contributed by atoms with Crippen LogP contribution in [0.1, 0.15) is 55.9 Å². The first-order chi connectivity index (χ1) is 25.7. The van der Waals surface area contributed by atoms with E-state index in [4.69, 9.17) is 4.74 Å². The third-order valence-electron chi connectivity index (χ3n) is 10.9. The fourth-order valence-corrected chi connectivity index (χ4v) is 7.86. The van der Waals surface area contributed by atoms with Gasteiger partial charge in [-0.2, -0.15) is 0 Å². The fraction of sp³-hybridized carbons (Fsp3) is 0.216. The molecule has 0 N–H and O–H groups in total. The summed E-state index contributed by atoms with van der Waals surface area (Å²) >= 11 is 0. The van der Waals surface area contributed by atoms with Gasteiger partial charge in [-0.05, 0) is 129 Å². The highest BCUT2D eigenvalue weighted by Gasteiger charge is 2.30. The van der Waals surface area contributed by atoms with E-state index in [-0.39, 0.29) is 5.41 Å². The van der Waals surface area contributed by atoms with Crippen molar-refractivity contribution in [2.45, 2.75) is 52.4 Å². The van der Waals surface area contributed by atoms with Gasteiger partial charge in [-0.15, -0.1) is 0 Å². The second-order valence-electron chi connectivity index (χ2n) is 15.3. The van der Waals surface area contributed by atoms with Crippen LogP contribution < -0.4 is 4.90 Å². The van der Waals surface area contributed by atoms with E-state index in [0.29, 0.717) is 12.5 Å². The Morgan fingerprint density at radius 1 is 0.604 bits per heavy atom. The number of fused-ring (bicyclic) bond motifs is 2. The monoisotopic (exact) mass is 693 g/mol. The molecule has 1 unspecified atom stereocenters. The number of hydrogen-bond donors (Lipinski definition) is 0. The summed E-state index contributed by atoms with van der Waals surface area (Å²) in [5, 5.41) is 5.10. The van der Waals surface area contributed by atoms with Crippen LogP contribution in [0.25, 0.3) is 43.8 Å². The summed E-state index contributed by atoms with van der Waals surface area (Å²) in [6.07, 6.45) is 4.56. The number of aryl methyl sites for hydroxylation is 2. The fourth-order valence-electron chi connectivity index (χ4n) is 7.86. The minimum absolute atomic E-state index is 0.118. The average molecular weight is 694 g/mol. The van der Waals surface area contributed by atoms with Gasteiger partial charge in [0, 0.05) is 23.8 Å². The first-order valence-electron chi connectivity index (χ1n) is 19.0. The van der Waals surface area contributed by atoms with Gasteiger partial charge in [-0.1, -0.05) is 142 Å². The Kier molecular flexibility index (Phi) is 10.5. The molecule has 0 spiro atoms. The molecule has 0 aliphatic carbocycles. The molecule has 2 nitrogen and oxygen atoms in total. The zero-order valence-corrected chi connectivity index (χ0v) is 31.9. The molecule has 0 aliphatic heterocycles. The molecule has 0 radical (unpaired) electrons. The molecule has 0 saturated heterocycles. The van der Waals surface area contributed by atoms with Crippen molar-refractivity contribution in [3.63, 3.8) is 0 Å². The molecule has 0 heterocycles. The molecule has 0 fully saturated rings. The molecule has 0 aliphatic rings. The van der Waals surface area contributed by atoms with Crippen LogP contribution in [0.15, 0.2) is 158 Å². The maximum Gasteiger partial charge on any atom is 0.0876 e. The van der Waals surface area contributed by atoms with Crippen molar-refractivity contribution >= 4 is 32.9 Å². The van der Waals surface area contributed by atoms with Crippen molar-refractivity contribution in [2.24, 2.45) is 5.92 Å². The second kappa shape index (κ2) is 15.6. The molecule has 1 atom stereocenters. The Morgan fingerprint density at radius 3 is 1.57 bits per heavy atom. The minimum Gasteiger partial charge on any atom is -0.502 e. The normalized spacial score (nSPS) is 12.6. The Morgan fingerprint density at radius 2 is 1.06 bits per heavy atom. The van der Waals surface area contributed by atoms with Crippen LogP contribution in [0, 0.1) is 12.8 Å². The van der Waals surface area contributed by atoms with Crippen LogP contribution in [0.5, 0.6) is 0 Å². The van der Waals surface area contributed by atoms with Crippen molar-refractivity contribution in [1.29, 1.82) is 0 Å². The smallest absolute Gasteiger partial charge is 0.0876 e. The van der Waals surface area contributed by atoms with Crippen molar-refractivity contribution in [2.75, 3.05) is 18.6 Å². The van der Waals surface area contributed by atoms with E-state index in [1.807, 2.05) is 0 Å². The van der Waals surface area contributed by atoms with E-state index in [1.165, 1.54) is 78.0 Å². The lowest BCUT2D eigenvalue weighted by Crippen LogP contribution is -2.25. The third-order valence-corrected chi connectivity index (χ3v) is 10.9. The number of nitrogens with zero attached hydrogens (tertiary/aromatic N) is 1. The van der Waals surface area contributed by atoms with Gasteiger partial charge in [0.15, 0.2) is 0 Å². The quantitative estimate of drug-likeness (QED) is 0.0880. The number of anilines is 2. The van der Waals surface area contributed by atoms with Crippen molar-refractivity contribution in [3.05, 3.63) is 181 Å². The summed E-state index contributed by atoms with van der Waals surface area (Å²) in [7, 11) is 2.13. The third kappa shape index (κ3) is 7.93. The molecule has 2 heteroatoms. The molecule has 266 valence electrons. The lowest BCUT2D eigenvalue weighted by atomic mass is 9.70. The molecule has 7 aromatic carbocycles. The van der Waals surface area contributed by atoms with Gasteiger partial charge in [0.05, 0.1) is 12.9 Å². The molecular formula is C51H51NO. The van der Waals surface area contributed by atoms with Crippen LogP contribution in [0.3, 0.4) is 0 Å². The molecule has 0 aromatic heterocycles. The maximum absolute atomic E-state index is 5.26. The highest BCUT2D eigenvalue weighted by molar-refractivity contribution is 5.90.